The third-order valence-corrected chi connectivity index (χ3v) is 7.33. The van der Waals surface area contributed by atoms with Gasteiger partial charge in [0.1, 0.15) is 0 Å². The first-order valence-electron chi connectivity index (χ1n) is 14.0. The summed E-state index contributed by atoms with van der Waals surface area (Å²) in [5, 5.41) is 0. The number of hydrogen-bond acceptors (Lipinski definition) is 0. The Kier molecular flexibility index (Phi) is 16.1. The highest BCUT2D eigenvalue weighted by Gasteiger charge is 2.23. The van der Waals surface area contributed by atoms with Crippen LogP contribution < -0.4 is 0 Å². The van der Waals surface area contributed by atoms with Crippen LogP contribution in [0.4, 0.5) is 0 Å². The molecule has 0 radical (unpaired) electrons. The van der Waals surface area contributed by atoms with Crippen LogP contribution in [0.2, 0.25) is 0 Å². The summed E-state index contributed by atoms with van der Waals surface area (Å²) < 4.78 is 3.19. The van der Waals surface area contributed by atoms with E-state index in [2.05, 4.69) is 203 Å². The smallest absolute Gasteiger partial charge is 0.0172 e. The zero-order valence-electron chi connectivity index (χ0n) is 25.6. The molecule has 0 atom stereocenters. The highest BCUT2D eigenvalue weighted by molar-refractivity contribution is 9.12. The third-order valence-electron chi connectivity index (χ3n) is 6.27. The van der Waals surface area contributed by atoms with E-state index in [0.717, 1.165) is 53.3 Å². The molecule has 3 heteroatoms. The van der Waals surface area contributed by atoms with Gasteiger partial charge in [-0.1, -0.05) is 164 Å². The Hall–Kier alpha value is -3.16. The fourth-order valence-corrected chi connectivity index (χ4v) is 5.13. The van der Waals surface area contributed by atoms with Crippen molar-refractivity contribution in [1.29, 1.82) is 0 Å². The average Bonchev–Trinajstić information content (AvgIpc) is 3.19. The van der Waals surface area contributed by atoms with Crippen LogP contribution in [0, 0.1) is 12.3 Å². The number of hydrogen-bond donors (Lipinski definition) is 0. The van der Waals surface area contributed by atoms with Gasteiger partial charge in [-0.2, -0.15) is 0 Å². The summed E-state index contributed by atoms with van der Waals surface area (Å²) in [6.07, 6.45) is 24.8. The Morgan fingerprint density at radius 3 is 1.91 bits per heavy atom. The van der Waals surface area contributed by atoms with Crippen molar-refractivity contribution in [1.82, 2.24) is 0 Å². The molecule has 220 valence electrons. The molecule has 1 aliphatic rings. The molecule has 43 heavy (non-hydrogen) atoms. The van der Waals surface area contributed by atoms with Gasteiger partial charge in [-0.3, -0.25) is 0 Å². The predicted molar refractivity (Wildman–Crippen MR) is 203 cm³/mol. The standard InChI is InChI=1S/C37H35Br3.C3H4/c1-26(2)35(31-17-10-7-11-18-31)37(32-19-13-20-33(40)25-24-32)36(27(3)22-23-29(5)39)34(21-12-14-28(4)38)30-15-8-6-9-16-30;1-3-2/h6-18,20-25H,1,19H2,2-5H3;1H,2H3/b21-12+,27-22+,28-14+,29-23+,36-34+,37-35+;. The van der Waals surface area contributed by atoms with E-state index >= 15 is 0 Å². The van der Waals surface area contributed by atoms with Crippen molar-refractivity contribution in [2.75, 3.05) is 0 Å². The van der Waals surface area contributed by atoms with E-state index in [1.54, 1.807) is 6.92 Å². The molecule has 0 saturated heterocycles. The van der Waals surface area contributed by atoms with E-state index in [1.165, 1.54) is 16.7 Å². The number of halogens is 3. The van der Waals surface area contributed by atoms with Crippen LogP contribution in [-0.4, -0.2) is 0 Å². The number of rotatable bonds is 9. The van der Waals surface area contributed by atoms with Crippen molar-refractivity contribution in [2.45, 2.75) is 41.0 Å². The molecule has 3 rings (SSSR count). The number of terminal acetylenes is 1. The molecule has 0 fully saturated rings. The van der Waals surface area contributed by atoms with Gasteiger partial charge >= 0.3 is 0 Å². The molecule has 0 N–H and O–H groups in total. The van der Waals surface area contributed by atoms with E-state index in [-0.39, 0.29) is 0 Å². The molecule has 0 bridgehead atoms. The molecular formula is C40H39Br3. The summed E-state index contributed by atoms with van der Waals surface area (Å²) in [6, 6.07) is 21.2. The maximum absolute atomic E-state index is 4.60. The zero-order chi connectivity index (χ0) is 31.8. The van der Waals surface area contributed by atoms with Crippen LogP contribution in [-0.2, 0) is 0 Å². The second-order valence-corrected chi connectivity index (χ2v) is 13.3. The first kappa shape index (κ1) is 36.0. The largest absolute Gasteiger partial charge is 0.120 e. The lowest BCUT2D eigenvalue weighted by Crippen LogP contribution is -2.05. The average molecular weight is 759 g/mol. The van der Waals surface area contributed by atoms with E-state index < -0.39 is 0 Å². The van der Waals surface area contributed by atoms with Crippen molar-refractivity contribution in [3.8, 4) is 12.3 Å². The highest BCUT2D eigenvalue weighted by Crippen LogP contribution is 2.42. The summed E-state index contributed by atoms with van der Waals surface area (Å²) in [4.78, 5) is 0. The normalized spacial score (nSPS) is 15.3. The SMILES string of the molecule is C#CC.C=C(C)\C(=C(C1=CC=C(Br)C=CC1)/C(C(/C)=C/C=C(\C)Br)=C(\C=C\C=C(/C)Br)c1ccccc1)c1ccccc1. The second-order valence-electron chi connectivity index (χ2n) is 9.91. The van der Waals surface area contributed by atoms with Crippen LogP contribution in [0.25, 0.3) is 11.1 Å². The fraction of sp³-hybridized carbons (Fsp3) is 0.150. The maximum atomic E-state index is 4.60. The molecule has 0 heterocycles. The third kappa shape index (κ3) is 11.8. The Morgan fingerprint density at radius 1 is 0.814 bits per heavy atom. The van der Waals surface area contributed by atoms with Crippen LogP contribution in [0.1, 0.15) is 52.2 Å². The first-order chi connectivity index (χ1) is 20.6. The van der Waals surface area contributed by atoms with E-state index in [4.69, 9.17) is 0 Å². The van der Waals surface area contributed by atoms with Gasteiger partial charge in [0.2, 0.25) is 0 Å². The van der Waals surface area contributed by atoms with Crippen molar-refractivity contribution in [3.05, 3.63) is 174 Å². The lowest BCUT2D eigenvalue weighted by molar-refractivity contribution is 1.21. The molecule has 2 aromatic rings. The minimum atomic E-state index is 0.792. The van der Waals surface area contributed by atoms with Crippen LogP contribution in [0.5, 0.6) is 0 Å². The Labute approximate surface area is 284 Å². The minimum Gasteiger partial charge on any atom is -0.120 e. The van der Waals surface area contributed by atoms with Crippen molar-refractivity contribution < 1.29 is 0 Å². The summed E-state index contributed by atoms with van der Waals surface area (Å²) in [6.45, 7) is 14.5. The van der Waals surface area contributed by atoms with E-state index in [1.807, 2.05) is 6.92 Å². The number of allylic oxidation sites excluding steroid dienone is 19. The first-order valence-corrected chi connectivity index (χ1v) is 16.4. The molecule has 0 aliphatic heterocycles. The lowest BCUT2D eigenvalue weighted by Gasteiger charge is -2.25. The second kappa shape index (κ2) is 19.2. The molecule has 0 saturated carbocycles. The van der Waals surface area contributed by atoms with Gasteiger partial charge in [0, 0.05) is 4.48 Å². The molecule has 0 nitrogen and oxygen atoms in total. The zero-order valence-corrected chi connectivity index (χ0v) is 30.4. The summed E-state index contributed by atoms with van der Waals surface area (Å²) >= 11 is 10.9. The highest BCUT2D eigenvalue weighted by atomic mass is 79.9. The minimum absolute atomic E-state index is 0.792. The molecule has 0 unspecified atom stereocenters. The molecule has 0 aromatic heterocycles. The molecule has 0 spiro atoms. The van der Waals surface area contributed by atoms with Gasteiger partial charge in [-0.15, -0.1) is 12.3 Å². The van der Waals surface area contributed by atoms with Gasteiger partial charge in [-0.25, -0.2) is 0 Å². The summed E-state index contributed by atoms with van der Waals surface area (Å²) in [5.74, 6) is 2.25. The molecule has 0 amide bonds. The van der Waals surface area contributed by atoms with Crippen molar-refractivity contribution >= 4 is 58.9 Å². The van der Waals surface area contributed by atoms with E-state index in [9.17, 15) is 0 Å². The van der Waals surface area contributed by atoms with Crippen molar-refractivity contribution in [3.63, 3.8) is 0 Å². The quantitative estimate of drug-likeness (QED) is 0.176. The fourth-order valence-electron chi connectivity index (χ4n) is 4.53. The van der Waals surface area contributed by atoms with E-state index in [0.29, 0.717) is 0 Å². The summed E-state index contributed by atoms with van der Waals surface area (Å²) in [7, 11) is 0. The maximum Gasteiger partial charge on any atom is 0.0172 e. The summed E-state index contributed by atoms with van der Waals surface area (Å²) in [5.41, 5.74) is 10.3. The predicted octanol–water partition coefficient (Wildman–Crippen LogP) is 13.4. The monoisotopic (exact) mass is 756 g/mol. The van der Waals surface area contributed by atoms with Gasteiger partial charge in [0.25, 0.3) is 0 Å². The molecular weight excluding hydrogens is 720 g/mol. The van der Waals surface area contributed by atoms with Crippen LogP contribution in [0.15, 0.2) is 163 Å². The Morgan fingerprint density at radius 2 is 1.37 bits per heavy atom. The van der Waals surface area contributed by atoms with Gasteiger partial charge in [0.15, 0.2) is 0 Å². The van der Waals surface area contributed by atoms with Gasteiger partial charge in [-0.05, 0) is 106 Å². The lowest BCUT2D eigenvalue weighted by atomic mass is 9.79. The van der Waals surface area contributed by atoms with Gasteiger partial charge in [0.05, 0.1) is 0 Å². The topological polar surface area (TPSA) is 0 Å². The van der Waals surface area contributed by atoms with Crippen molar-refractivity contribution in [2.24, 2.45) is 0 Å². The Bertz CT molecular complexity index is 1580. The van der Waals surface area contributed by atoms with Crippen LogP contribution >= 0.6 is 47.8 Å². The Balaban J connectivity index is 0.00000206. The van der Waals surface area contributed by atoms with Gasteiger partial charge < -0.3 is 0 Å². The van der Waals surface area contributed by atoms with Crippen LogP contribution in [0.3, 0.4) is 0 Å². The number of benzene rings is 2. The molecule has 1 aliphatic carbocycles. The molecule has 2 aromatic carbocycles.